The summed E-state index contributed by atoms with van der Waals surface area (Å²) in [6.07, 6.45) is 1.91. The van der Waals surface area contributed by atoms with Gasteiger partial charge in [-0.3, -0.25) is 13.9 Å². The van der Waals surface area contributed by atoms with Gasteiger partial charge in [0.2, 0.25) is 11.8 Å². The second-order valence-corrected chi connectivity index (χ2v) is 12.7. The van der Waals surface area contributed by atoms with Gasteiger partial charge in [-0.2, -0.15) is 0 Å². The van der Waals surface area contributed by atoms with E-state index >= 15 is 0 Å². The summed E-state index contributed by atoms with van der Waals surface area (Å²) in [5, 5.41) is 2.86. The third-order valence-electron chi connectivity index (χ3n) is 6.40. The second-order valence-electron chi connectivity index (χ2n) is 9.96. The van der Waals surface area contributed by atoms with Gasteiger partial charge >= 0.3 is 0 Å². The van der Waals surface area contributed by atoms with Crippen LogP contribution in [0.1, 0.15) is 38.8 Å². The standard InChI is InChI=1S/C31H39N3O5S2/c1-7-39-27-13-11-26(12-14-27)34(41(37,38)29-17-15-28(40-6)16-18-29)21-30(35)33(24(5)31(36)32-22(2)3)20-25-10-8-9-23(4)19-25/h8-19,22,24H,7,20-21H2,1-6H3,(H,32,36). The molecule has 0 fully saturated rings. The Morgan fingerprint density at radius 2 is 1.63 bits per heavy atom. The summed E-state index contributed by atoms with van der Waals surface area (Å²) in [4.78, 5) is 29.5. The molecular weight excluding hydrogens is 558 g/mol. The van der Waals surface area contributed by atoms with E-state index in [1.165, 1.54) is 28.8 Å². The maximum Gasteiger partial charge on any atom is 0.264 e. The number of sulfonamides is 1. The van der Waals surface area contributed by atoms with E-state index in [1.54, 1.807) is 43.3 Å². The van der Waals surface area contributed by atoms with Gasteiger partial charge in [-0.15, -0.1) is 11.8 Å². The molecule has 0 aliphatic carbocycles. The molecule has 10 heteroatoms. The normalized spacial score (nSPS) is 12.1. The number of anilines is 1. The van der Waals surface area contributed by atoms with Crippen molar-refractivity contribution in [1.29, 1.82) is 0 Å². The lowest BCUT2D eigenvalue weighted by Gasteiger charge is -2.32. The first kappa shape index (κ1) is 32.0. The van der Waals surface area contributed by atoms with Gasteiger partial charge < -0.3 is 15.0 Å². The Morgan fingerprint density at radius 1 is 0.976 bits per heavy atom. The monoisotopic (exact) mass is 597 g/mol. The summed E-state index contributed by atoms with van der Waals surface area (Å²) < 4.78 is 34.6. The number of carbonyl (C=O) groups is 2. The highest BCUT2D eigenvalue weighted by atomic mass is 32.2. The van der Waals surface area contributed by atoms with Crippen LogP contribution in [0.4, 0.5) is 5.69 Å². The largest absolute Gasteiger partial charge is 0.494 e. The Bertz CT molecular complexity index is 1420. The average molecular weight is 598 g/mol. The predicted octanol–water partition coefficient (Wildman–Crippen LogP) is 5.25. The minimum absolute atomic E-state index is 0.0628. The maximum absolute atomic E-state index is 14.0. The van der Waals surface area contributed by atoms with Crippen molar-refractivity contribution in [3.63, 3.8) is 0 Å². The van der Waals surface area contributed by atoms with E-state index in [0.717, 1.165) is 20.3 Å². The summed E-state index contributed by atoms with van der Waals surface area (Å²) in [5.74, 6) is -0.232. The van der Waals surface area contributed by atoms with Crippen LogP contribution >= 0.6 is 11.8 Å². The number of ether oxygens (including phenoxy) is 1. The van der Waals surface area contributed by atoms with Gasteiger partial charge in [0.25, 0.3) is 10.0 Å². The number of amides is 2. The van der Waals surface area contributed by atoms with Crippen molar-refractivity contribution in [3.05, 3.63) is 83.9 Å². The first-order valence-electron chi connectivity index (χ1n) is 13.5. The van der Waals surface area contributed by atoms with Gasteiger partial charge in [-0.05, 0) is 95.0 Å². The summed E-state index contributed by atoms with van der Waals surface area (Å²) >= 11 is 1.50. The van der Waals surface area contributed by atoms with E-state index in [2.05, 4.69) is 5.32 Å². The van der Waals surface area contributed by atoms with Crippen molar-refractivity contribution in [2.45, 2.75) is 63.0 Å². The van der Waals surface area contributed by atoms with Crippen molar-refractivity contribution in [1.82, 2.24) is 10.2 Å². The highest BCUT2D eigenvalue weighted by Crippen LogP contribution is 2.28. The molecule has 0 radical (unpaired) electrons. The van der Waals surface area contributed by atoms with E-state index in [4.69, 9.17) is 4.74 Å². The Morgan fingerprint density at radius 3 is 2.20 bits per heavy atom. The van der Waals surface area contributed by atoms with Crippen molar-refractivity contribution < 1.29 is 22.7 Å². The van der Waals surface area contributed by atoms with E-state index < -0.39 is 28.5 Å². The van der Waals surface area contributed by atoms with Crippen LogP contribution in [0.15, 0.2) is 82.6 Å². The smallest absolute Gasteiger partial charge is 0.264 e. The Labute approximate surface area is 248 Å². The second kappa shape index (κ2) is 14.4. The molecule has 0 aliphatic heterocycles. The topological polar surface area (TPSA) is 96.0 Å². The summed E-state index contributed by atoms with van der Waals surface area (Å²) in [5.41, 5.74) is 2.16. The van der Waals surface area contributed by atoms with E-state index in [0.29, 0.717) is 18.0 Å². The molecule has 0 saturated carbocycles. The molecule has 0 saturated heterocycles. The van der Waals surface area contributed by atoms with E-state index in [9.17, 15) is 18.0 Å². The number of carbonyl (C=O) groups excluding carboxylic acids is 2. The van der Waals surface area contributed by atoms with Crippen molar-refractivity contribution in [2.75, 3.05) is 23.7 Å². The molecule has 3 aromatic rings. The molecule has 0 heterocycles. The van der Waals surface area contributed by atoms with Gasteiger partial charge in [0, 0.05) is 17.5 Å². The van der Waals surface area contributed by atoms with Gasteiger partial charge in [-0.25, -0.2) is 8.42 Å². The van der Waals surface area contributed by atoms with Gasteiger partial charge in [-0.1, -0.05) is 29.8 Å². The molecule has 1 atom stereocenters. The average Bonchev–Trinajstić information content (AvgIpc) is 2.94. The summed E-state index contributed by atoms with van der Waals surface area (Å²) in [7, 11) is -4.14. The molecule has 220 valence electrons. The number of nitrogens with zero attached hydrogens (tertiary/aromatic N) is 2. The molecule has 0 spiro atoms. The predicted molar refractivity (Wildman–Crippen MR) is 165 cm³/mol. The van der Waals surface area contributed by atoms with Crippen LogP contribution in [0.2, 0.25) is 0 Å². The van der Waals surface area contributed by atoms with Crippen molar-refractivity contribution in [2.24, 2.45) is 0 Å². The molecule has 1 N–H and O–H groups in total. The fourth-order valence-electron chi connectivity index (χ4n) is 4.27. The van der Waals surface area contributed by atoms with Crippen LogP contribution in [0.25, 0.3) is 0 Å². The minimum atomic E-state index is -4.14. The van der Waals surface area contributed by atoms with Crippen LogP contribution < -0.4 is 14.4 Å². The quantitative estimate of drug-likeness (QED) is 0.270. The number of hydrogen-bond donors (Lipinski definition) is 1. The lowest BCUT2D eigenvalue weighted by Crippen LogP contribution is -2.52. The Balaban J connectivity index is 2.04. The first-order valence-corrected chi connectivity index (χ1v) is 16.2. The minimum Gasteiger partial charge on any atom is -0.494 e. The fraction of sp³-hybridized carbons (Fsp3) is 0.355. The SMILES string of the molecule is CCOc1ccc(N(CC(=O)N(Cc2cccc(C)c2)C(C)C(=O)NC(C)C)S(=O)(=O)c2ccc(SC)cc2)cc1. The molecule has 0 bridgehead atoms. The van der Waals surface area contributed by atoms with E-state index in [1.807, 2.05) is 58.2 Å². The van der Waals surface area contributed by atoms with Crippen molar-refractivity contribution >= 4 is 39.3 Å². The third kappa shape index (κ3) is 8.50. The zero-order chi connectivity index (χ0) is 30.2. The summed E-state index contributed by atoms with van der Waals surface area (Å²) in [6.45, 7) is 9.28. The Hall–Kier alpha value is -3.50. The number of rotatable bonds is 13. The molecule has 2 amide bonds. The molecular formula is C31H39N3O5S2. The third-order valence-corrected chi connectivity index (χ3v) is 8.93. The van der Waals surface area contributed by atoms with E-state index in [-0.39, 0.29) is 23.4 Å². The lowest BCUT2D eigenvalue weighted by molar-refractivity contribution is -0.139. The number of nitrogens with one attached hydrogen (secondary N) is 1. The highest BCUT2D eigenvalue weighted by molar-refractivity contribution is 7.98. The Kier molecular flexibility index (Phi) is 11.3. The van der Waals surface area contributed by atoms with Crippen LogP contribution in [0.5, 0.6) is 5.75 Å². The fourth-order valence-corrected chi connectivity index (χ4v) is 6.10. The molecule has 0 aromatic heterocycles. The van der Waals surface area contributed by atoms with Crippen molar-refractivity contribution in [3.8, 4) is 5.75 Å². The molecule has 8 nitrogen and oxygen atoms in total. The lowest BCUT2D eigenvalue weighted by atomic mass is 10.1. The number of thioether (sulfide) groups is 1. The number of aryl methyl sites for hydroxylation is 1. The highest BCUT2D eigenvalue weighted by Gasteiger charge is 2.32. The first-order chi connectivity index (χ1) is 19.5. The number of hydrogen-bond acceptors (Lipinski definition) is 6. The van der Waals surface area contributed by atoms with Crippen LogP contribution in [0, 0.1) is 6.92 Å². The zero-order valence-corrected chi connectivity index (χ0v) is 26.1. The van der Waals surface area contributed by atoms with Crippen LogP contribution in [-0.2, 0) is 26.2 Å². The zero-order valence-electron chi connectivity index (χ0n) is 24.5. The molecule has 3 aromatic carbocycles. The van der Waals surface area contributed by atoms with Gasteiger partial charge in [0.15, 0.2) is 0 Å². The molecule has 41 heavy (non-hydrogen) atoms. The van der Waals surface area contributed by atoms with Gasteiger partial charge in [0.05, 0.1) is 17.2 Å². The van der Waals surface area contributed by atoms with Gasteiger partial charge in [0.1, 0.15) is 18.3 Å². The molecule has 0 aliphatic rings. The van der Waals surface area contributed by atoms with Crippen LogP contribution in [-0.4, -0.2) is 56.6 Å². The summed E-state index contributed by atoms with van der Waals surface area (Å²) in [6, 6.07) is 19.8. The number of benzene rings is 3. The van der Waals surface area contributed by atoms with Crippen LogP contribution in [0.3, 0.4) is 0 Å². The molecule has 3 rings (SSSR count). The maximum atomic E-state index is 14.0. The molecule has 1 unspecified atom stereocenters.